The van der Waals surface area contributed by atoms with E-state index < -0.39 is 69.8 Å². The van der Waals surface area contributed by atoms with Crippen molar-refractivity contribution in [1.82, 2.24) is 10.2 Å². The van der Waals surface area contributed by atoms with Gasteiger partial charge in [-0.25, -0.2) is 0 Å². The molecule has 0 saturated heterocycles. The Morgan fingerprint density at radius 1 is 1.20 bits per heavy atom. The number of nitrogens with two attached hydrogens (primary N) is 1. The predicted molar refractivity (Wildman–Crippen MR) is 151 cm³/mol. The number of carbonyl (C=O) groups is 3. The van der Waals surface area contributed by atoms with Crippen LogP contribution in [0.2, 0.25) is 0 Å². The van der Waals surface area contributed by atoms with Crippen LogP contribution in [0, 0.1) is 22.7 Å². The minimum Gasteiger partial charge on any atom is -0.510 e. The number of benzene rings is 1. The number of nitrogens with zero attached hydrogens (tertiary/aromatic N) is 2. The molecule has 10 N–H and O–H groups in total. The quantitative estimate of drug-likeness (QED) is 0.0746. The maximum atomic E-state index is 14.0. The van der Waals surface area contributed by atoms with Crippen LogP contribution in [0.3, 0.4) is 0 Å². The van der Waals surface area contributed by atoms with E-state index in [4.69, 9.17) is 28.2 Å². The van der Waals surface area contributed by atoms with Gasteiger partial charge in [0.25, 0.3) is 5.91 Å². The van der Waals surface area contributed by atoms with Crippen molar-refractivity contribution in [1.29, 1.82) is 10.8 Å². The first-order valence-corrected chi connectivity index (χ1v) is 13.1. The van der Waals surface area contributed by atoms with Crippen LogP contribution in [-0.2, 0) is 16.0 Å². The van der Waals surface area contributed by atoms with Crippen LogP contribution in [0.4, 0.5) is 11.4 Å². The molecule has 0 saturated carbocycles. The third-order valence-electron chi connectivity index (χ3n) is 7.85. The number of phenols is 1. The predicted octanol–water partition coefficient (Wildman–Crippen LogP) is 0.339. The van der Waals surface area contributed by atoms with Gasteiger partial charge in [0.15, 0.2) is 23.1 Å². The number of amidine groups is 1. The average Bonchev–Trinajstić information content (AvgIpc) is 2.87. The second-order valence-electron chi connectivity index (χ2n) is 10.7. The number of ketones is 2. The molecule has 14 nitrogen and oxygen atoms in total. The number of halogens is 1. The second kappa shape index (κ2) is 10.4. The largest absolute Gasteiger partial charge is 0.510 e. The number of allylic oxidation sites excluding steroid dienone is 1. The van der Waals surface area contributed by atoms with Crippen molar-refractivity contribution in [2.24, 2.45) is 17.6 Å². The lowest BCUT2D eigenvalue weighted by Gasteiger charge is -2.50. The molecule has 1 aromatic rings. The Kier molecular flexibility index (Phi) is 7.54. The maximum absolute atomic E-state index is 14.0. The first-order chi connectivity index (χ1) is 19.1. The topological polar surface area (TPSA) is 236 Å². The van der Waals surface area contributed by atoms with Gasteiger partial charge >= 0.3 is 0 Å². The third kappa shape index (κ3) is 4.47. The minimum absolute atomic E-state index is 0.0332. The normalized spacial score (nSPS) is 25.4. The number of aliphatic hydroxyl groups excluding tert-OH is 2. The average molecular weight is 590 g/mol. The summed E-state index contributed by atoms with van der Waals surface area (Å²) in [6, 6.07) is 0.440. The molecule has 1 aromatic carbocycles. The number of primary amides is 1. The number of amides is 1. The van der Waals surface area contributed by atoms with Gasteiger partial charge in [0, 0.05) is 31.3 Å². The first kappa shape index (κ1) is 29.8. The highest BCUT2D eigenvalue weighted by atomic mass is 35.5. The van der Waals surface area contributed by atoms with Crippen molar-refractivity contribution in [2.75, 3.05) is 44.3 Å². The number of nitrogens with one attached hydrogen (secondary N) is 4. The van der Waals surface area contributed by atoms with E-state index in [1.807, 2.05) is 0 Å². The summed E-state index contributed by atoms with van der Waals surface area (Å²) >= 11 is 5.59. The van der Waals surface area contributed by atoms with Crippen LogP contribution >= 0.6 is 11.6 Å². The number of fused-ring (bicyclic) bond motifs is 3. The van der Waals surface area contributed by atoms with Gasteiger partial charge in [-0.1, -0.05) is 0 Å². The van der Waals surface area contributed by atoms with Gasteiger partial charge in [0.2, 0.25) is 5.78 Å². The molecule has 0 aromatic heterocycles. The molecule has 220 valence electrons. The fourth-order valence-corrected chi connectivity index (χ4v) is 6.21. The fourth-order valence-electron chi connectivity index (χ4n) is 6.14. The summed E-state index contributed by atoms with van der Waals surface area (Å²) < 4.78 is 0. The number of rotatable bonds is 5. The van der Waals surface area contributed by atoms with Crippen LogP contribution in [0.5, 0.6) is 5.75 Å². The molecule has 4 rings (SSSR count). The minimum atomic E-state index is -2.74. The van der Waals surface area contributed by atoms with Crippen molar-refractivity contribution in [3.63, 3.8) is 0 Å². The zero-order valence-electron chi connectivity index (χ0n) is 22.8. The van der Waals surface area contributed by atoms with Crippen molar-refractivity contribution in [3.05, 3.63) is 39.9 Å². The molecule has 0 radical (unpaired) electrons. The first-order valence-electron chi connectivity index (χ1n) is 12.5. The highest BCUT2D eigenvalue weighted by Crippen LogP contribution is 2.53. The molecule has 15 heteroatoms. The van der Waals surface area contributed by atoms with Gasteiger partial charge in [-0.3, -0.25) is 30.1 Å². The molecule has 0 fully saturated rings. The number of guanidine groups is 1. The zero-order chi connectivity index (χ0) is 30.7. The molecule has 1 amide bonds. The maximum Gasteiger partial charge on any atom is 0.255 e. The van der Waals surface area contributed by atoms with Crippen LogP contribution in [0.1, 0.15) is 22.3 Å². The number of anilines is 2. The Hall–Kier alpha value is -4.14. The molecule has 0 unspecified atom stereocenters. The van der Waals surface area contributed by atoms with E-state index in [0.717, 1.165) is 0 Å². The monoisotopic (exact) mass is 589 g/mol. The van der Waals surface area contributed by atoms with E-state index in [1.54, 1.807) is 33.1 Å². The Labute approximate surface area is 240 Å². The van der Waals surface area contributed by atoms with E-state index >= 15 is 0 Å². The summed E-state index contributed by atoms with van der Waals surface area (Å²) in [5, 5.41) is 65.9. The van der Waals surface area contributed by atoms with Gasteiger partial charge < -0.3 is 41.7 Å². The number of phenolic OH excluding ortho intramolecular Hbond substituents is 1. The molecular formula is C26H32ClN7O7. The van der Waals surface area contributed by atoms with E-state index in [0.29, 0.717) is 11.3 Å². The highest BCUT2D eigenvalue weighted by Gasteiger charge is 2.63. The smallest absolute Gasteiger partial charge is 0.255 e. The van der Waals surface area contributed by atoms with Gasteiger partial charge in [-0.15, -0.1) is 11.6 Å². The molecule has 3 aliphatic carbocycles. The molecule has 4 atom stereocenters. The molecule has 41 heavy (non-hydrogen) atoms. The van der Waals surface area contributed by atoms with E-state index in [-0.39, 0.29) is 41.4 Å². The summed E-state index contributed by atoms with van der Waals surface area (Å²) in [6.07, 6.45) is 0.0803. The summed E-state index contributed by atoms with van der Waals surface area (Å²) in [6.45, 7) is 0. The van der Waals surface area contributed by atoms with Gasteiger partial charge in [-0.2, -0.15) is 0 Å². The molecule has 0 bridgehead atoms. The molecule has 0 aliphatic heterocycles. The summed E-state index contributed by atoms with van der Waals surface area (Å²) in [4.78, 5) is 42.7. The third-order valence-corrected chi connectivity index (χ3v) is 8.12. The number of hydrogen-bond acceptors (Lipinski definition) is 11. The van der Waals surface area contributed by atoms with Crippen molar-refractivity contribution in [3.8, 4) is 5.75 Å². The number of carbonyl (C=O) groups excluding carboxylic acids is 3. The van der Waals surface area contributed by atoms with Crippen molar-refractivity contribution in [2.45, 2.75) is 24.5 Å². The van der Waals surface area contributed by atoms with Crippen LogP contribution < -0.4 is 21.3 Å². The lowest BCUT2D eigenvalue weighted by atomic mass is 9.58. The summed E-state index contributed by atoms with van der Waals surface area (Å²) in [5.74, 6) is -8.26. The Morgan fingerprint density at radius 3 is 2.37 bits per heavy atom. The number of hydrogen-bond donors (Lipinski definition) is 9. The van der Waals surface area contributed by atoms with Crippen molar-refractivity contribution >= 4 is 52.2 Å². The summed E-state index contributed by atoms with van der Waals surface area (Å²) in [7, 11) is 6.55. The second-order valence-corrected chi connectivity index (χ2v) is 11.0. The van der Waals surface area contributed by atoms with Crippen LogP contribution in [0.15, 0.2) is 28.7 Å². The Balaban J connectivity index is 1.91. The lowest BCUT2D eigenvalue weighted by molar-refractivity contribution is -0.148. The van der Waals surface area contributed by atoms with Gasteiger partial charge in [0.1, 0.15) is 22.9 Å². The van der Waals surface area contributed by atoms with E-state index in [1.165, 1.54) is 11.0 Å². The number of Topliss-reactive ketones (excluding diaryl/α,β-unsaturated/α-hetero) is 2. The van der Waals surface area contributed by atoms with Crippen LogP contribution in [0.25, 0.3) is 0 Å². The molecule has 0 heterocycles. The summed E-state index contributed by atoms with van der Waals surface area (Å²) in [5.41, 5.74) is 2.12. The molecule has 0 spiro atoms. The lowest BCUT2D eigenvalue weighted by Crippen LogP contribution is -2.63. The van der Waals surface area contributed by atoms with E-state index in [2.05, 4.69) is 10.6 Å². The van der Waals surface area contributed by atoms with Crippen molar-refractivity contribution < 1.29 is 34.8 Å². The number of aliphatic hydroxyl groups is 3. The highest BCUT2D eigenvalue weighted by molar-refractivity contribution is 6.29. The number of aromatic hydroxyl groups is 1. The Morgan fingerprint density at radius 2 is 1.83 bits per heavy atom. The zero-order valence-corrected chi connectivity index (χ0v) is 23.5. The fraction of sp³-hybridized carbons (Fsp3) is 0.423. The number of likely N-dealkylation sites (N-methyl/N-ethyl adjacent to an activating group) is 1. The van der Waals surface area contributed by atoms with Crippen LogP contribution in [-0.4, -0.2) is 100 Å². The van der Waals surface area contributed by atoms with E-state index in [9.17, 15) is 34.8 Å². The van der Waals surface area contributed by atoms with Gasteiger partial charge in [-0.05, 0) is 44.5 Å². The Bertz CT molecular complexity index is 1470. The van der Waals surface area contributed by atoms with Gasteiger partial charge in [0.05, 0.1) is 23.2 Å². The standard InChI is InChI=1S/C26H32ClN7O7/c1-33(2)13-7-12(31-25(30)32-14(28)8-27)19(35)16-10(13)5-9-6-11-18(34(3)4)21(37)17(24(29)40)23(39)26(11,41)22(38)15(9)20(16)36/h7,9,11,18,35,37-38,41H,5-6,8H2,1-4H3,(H2,29,40)(H4,28,30,31,32)/t9-,11-,18-,26-/m0/s1. The number of alkyl halides is 1. The molecular weight excluding hydrogens is 558 g/mol. The SMILES string of the molecule is CN(C)c1cc(NC(=N)NC(=N)CCl)c(O)c2c1C[C@H]1C[C@H]3[C@H](N(C)C)C(O)=C(C(N)=O)C(=O)[C@@]3(O)C(O)=C1C2=O. The molecule has 3 aliphatic rings.